The lowest BCUT2D eigenvalue weighted by Gasteiger charge is -2.02. The number of Topliss-reactive ketones (excluding diaryl/α,β-unsaturated/α-hetero) is 1. The highest BCUT2D eigenvalue weighted by molar-refractivity contribution is 7.99. The molecule has 4 nitrogen and oxygen atoms in total. The van der Waals surface area contributed by atoms with E-state index in [4.69, 9.17) is 27.6 Å². The van der Waals surface area contributed by atoms with E-state index in [2.05, 4.69) is 10.2 Å². The predicted molar refractivity (Wildman–Crippen MR) is 96.0 cm³/mol. The first kappa shape index (κ1) is 17.0. The summed E-state index contributed by atoms with van der Waals surface area (Å²) in [6.45, 7) is 1.99. The van der Waals surface area contributed by atoms with Gasteiger partial charge in [0.2, 0.25) is 5.89 Å². The van der Waals surface area contributed by atoms with Crippen LogP contribution in [0.15, 0.2) is 52.1 Å². The predicted octanol–water partition coefficient (Wildman–Crippen LogP) is 5.33. The van der Waals surface area contributed by atoms with Crippen molar-refractivity contribution in [1.29, 1.82) is 0 Å². The first-order valence-electron chi connectivity index (χ1n) is 7.04. The fraction of sp³-hybridized carbons (Fsp3) is 0.118. The van der Waals surface area contributed by atoms with Gasteiger partial charge in [-0.3, -0.25) is 4.79 Å². The second-order valence-corrected chi connectivity index (χ2v) is 6.85. The molecule has 3 rings (SSSR count). The molecule has 0 saturated heterocycles. The van der Waals surface area contributed by atoms with Crippen LogP contribution in [0.5, 0.6) is 0 Å². The van der Waals surface area contributed by atoms with Crippen molar-refractivity contribution in [2.75, 3.05) is 5.75 Å². The molecule has 24 heavy (non-hydrogen) atoms. The molecule has 1 heterocycles. The van der Waals surface area contributed by atoms with E-state index in [0.29, 0.717) is 26.7 Å². The molecule has 0 unspecified atom stereocenters. The SMILES string of the molecule is Cc1cccc(-c2nnc(SCC(=O)c3ccc(Cl)cc3Cl)o2)c1. The zero-order chi connectivity index (χ0) is 17.1. The summed E-state index contributed by atoms with van der Waals surface area (Å²) < 4.78 is 5.59. The van der Waals surface area contributed by atoms with Crippen molar-refractivity contribution in [1.82, 2.24) is 10.2 Å². The number of thioether (sulfide) groups is 1. The van der Waals surface area contributed by atoms with Crippen LogP contribution in [0.25, 0.3) is 11.5 Å². The Morgan fingerprint density at radius 1 is 1.17 bits per heavy atom. The monoisotopic (exact) mass is 378 g/mol. The van der Waals surface area contributed by atoms with E-state index in [-0.39, 0.29) is 11.5 Å². The number of aryl methyl sites for hydroxylation is 1. The molecule has 7 heteroatoms. The summed E-state index contributed by atoms with van der Waals surface area (Å²) >= 11 is 13.0. The molecule has 0 bridgehead atoms. The maximum Gasteiger partial charge on any atom is 0.277 e. The minimum Gasteiger partial charge on any atom is -0.411 e. The first-order chi connectivity index (χ1) is 11.5. The molecule has 0 radical (unpaired) electrons. The van der Waals surface area contributed by atoms with Crippen LogP contribution in [0.3, 0.4) is 0 Å². The zero-order valence-electron chi connectivity index (χ0n) is 12.6. The molecule has 0 fully saturated rings. The van der Waals surface area contributed by atoms with Crippen LogP contribution < -0.4 is 0 Å². The lowest BCUT2D eigenvalue weighted by Crippen LogP contribution is -2.03. The summed E-state index contributed by atoms with van der Waals surface area (Å²) in [4.78, 5) is 12.2. The Morgan fingerprint density at radius 3 is 2.75 bits per heavy atom. The Labute approximate surface area is 153 Å². The van der Waals surface area contributed by atoms with Crippen LogP contribution in [0.1, 0.15) is 15.9 Å². The third kappa shape index (κ3) is 3.98. The standard InChI is InChI=1S/C17H12Cl2N2O2S/c1-10-3-2-4-11(7-10)16-20-21-17(23-16)24-9-15(22)13-6-5-12(18)8-14(13)19/h2-8H,9H2,1H3. The Hall–Kier alpha value is -1.82. The summed E-state index contributed by atoms with van der Waals surface area (Å²) in [5, 5.41) is 9.14. The van der Waals surface area contributed by atoms with Crippen LogP contribution in [0.4, 0.5) is 0 Å². The summed E-state index contributed by atoms with van der Waals surface area (Å²) in [6.07, 6.45) is 0. The van der Waals surface area contributed by atoms with Gasteiger partial charge in [0.25, 0.3) is 5.22 Å². The molecule has 0 amide bonds. The first-order valence-corrected chi connectivity index (χ1v) is 8.78. The summed E-state index contributed by atoms with van der Waals surface area (Å²) in [5.41, 5.74) is 2.38. The van der Waals surface area contributed by atoms with E-state index in [0.717, 1.165) is 11.1 Å². The Bertz CT molecular complexity index is 896. The van der Waals surface area contributed by atoms with Crippen molar-refractivity contribution in [3.8, 4) is 11.5 Å². The molecule has 0 atom stereocenters. The van der Waals surface area contributed by atoms with Gasteiger partial charge >= 0.3 is 0 Å². The summed E-state index contributed by atoms with van der Waals surface area (Å²) in [7, 11) is 0. The molecular weight excluding hydrogens is 367 g/mol. The molecule has 122 valence electrons. The Morgan fingerprint density at radius 2 is 2.00 bits per heavy atom. The third-order valence-corrected chi connectivity index (χ3v) is 4.60. The Kier molecular flexibility index (Phi) is 5.23. The number of benzene rings is 2. The number of aromatic nitrogens is 2. The Balaban J connectivity index is 1.68. The lowest BCUT2D eigenvalue weighted by atomic mass is 10.1. The molecule has 0 saturated carbocycles. The van der Waals surface area contributed by atoms with Gasteiger partial charge in [-0.15, -0.1) is 10.2 Å². The fourth-order valence-electron chi connectivity index (χ4n) is 2.08. The third-order valence-electron chi connectivity index (χ3n) is 3.23. The average molecular weight is 379 g/mol. The van der Waals surface area contributed by atoms with Crippen LogP contribution in [-0.2, 0) is 0 Å². The van der Waals surface area contributed by atoms with Crippen LogP contribution >= 0.6 is 35.0 Å². The van der Waals surface area contributed by atoms with E-state index < -0.39 is 0 Å². The number of nitrogens with zero attached hydrogens (tertiary/aromatic N) is 2. The normalized spacial score (nSPS) is 10.8. The average Bonchev–Trinajstić information content (AvgIpc) is 3.01. The molecule has 2 aromatic carbocycles. The number of hydrogen-bond donors (Lipinski definition) is 0. The van der Waals surface area contributed by atoms with Gasteiger partial charge in [0, 0.05) is 16.1 Å². The van der Waals surface area contributed by atoms with Crippen molar-refractivity contribution in [3.63, 3.8) is 0 Å². The van der Waals surface area contributed by atoms with E-state index >= 15 is 0 Å². The van der Waals surface area contributed by atoms with Gasteiger partial charge in [-0.2, -0.15) is 0 Å². The number of carbonyl (C=O) groups is 1. The van der Waals surface area contributed by atoms with Crippen LogP contribution in [0.2, 0.25) is 10.0 Å². The van der Waals surface area contributed by atoms with Gasteiger partial charge in [0.15, 0.2) is 5.78 Å². The summed E-state index contributed by atoms with van der Waals surface area (Å²) in [6, 6.07) is 12.6. The second-order valence-electron chi connectivity index (χ2n) is 5.08. The largest absolute Gasteiger partial charge is 0.411 e. The fourth-order valence-corrected chi connectivity index (χ4v) is 3.24. The number of halogens is 2. The van der Waals surface area contributed by atoms with Gasteiger partial charge < -0.3 is 4.42 Å². The molecule has 1 aromatic heterocycles. The molecule has 0 N–H and O–H groups in total. The molecule has 0 aliphatic heterocycles. The highest BCUT2D eigenvalue weighted by Gasteiger charge is 2.14. The quantitative estimate of drug-likeness (QED) is 0.443. The molecule has 3 aromatic rings. The van der Waals surface area contributed by atoms with Crippen molar-refractivity contribution in [2.24, 2.45) is 0 Å². The molecule has 0 aliphatic rings. The highest BCUT2D eigenvalue weighted by Crippen LogP contribution is 2.26. The maximum absolute atomic E-state index is 12.2. The second kappa shape index (κ2) is 7.38. The van der Waals surface area contributed by atoms with Gasteiger partial charge in [-0.1, -0.05) is 52.7 Å². The molecule has 0 spiro atoms. The number of hydrogen-bond acceptors (Lipinski definition) is 5. The summed E-state index contributed by atoms with van der Waals surface area (Å²) in [5.74, 6) is 0.451. The minimum absolute atomic E-state index is 0.128. The van der Waals surface area contributed by atoms with Crippen molar-refractivity contribution in [2.45, 2.75) is 12.1 Å². The number of rotatable bonds is 5. The van der Waals surface area contributed by atoms with Crippen LogP contribution in [0, 0.1) is 6.92 Å². The molecule has 0 aliphatic carbocycles. The maximum atomic E-state index is 12.2. The topological polar surface area (TPSA) is 56.0 Å². The van der Waals surface area contributed by atoms with Crippen molar-refractivity contribution in [3.05, 3.63) is 63.6 Å². The number of carbonyl (C=O) groups excluding carboxylic acids is 1. The lowest BCUT2D eigenvalue weighted by molar-refractivity contribution is 0.102. The van der Waals surface area contributed by atoms with Crippen molar-refractivity contribution < 1.29 is 9.21 Å². The van der Waals surface area contributed by atoms with Crippen molar-refractivity contribution >= 4 is 40.7 Å². The van der Waals surface area contributed by atoms with E-state index in [1.54, 1.807) is 18.2 Å². The zero-order valence-corrected chi connectivity index (χ0v) is 15.0. The van der Waals surface area contributed by atoms with Gasteiger partial charge in [0.1, 0.15) is 0 Å². The molecular formula is C17H12Cl2N2O2S. The van der Waals surface area contributed by atoms with Gasteiger partial charge in [-0.25, -0.2) is 0 Å². The van der Waals surface area contributed by atoms with Gasteiger partial charge in [-0.05, 0) is 37.3 Å². The smallest absolute Gasteiger partial charge is 0.277 e. The van der Waals surface area contributed by atoms with Crippen LogP contribution in [-0.4, -0.2) is 21.7 Å². The number of ketones is 1. The highest BCUT2D eigenvalue weighted by atomic mass is 35.5. The van der Waals surface area contributed by atoms with E-state index in [1.807, 2.05) is 31.2 Å². The van der Waals surface area contributed by atoms with E-state index in [9.17, 15) is 4.79 Å². The van der Waals surface area contributed by atoms with Gasteiger partial charge in [0.05, 0.1) is 10.8 Å². The minimum atomic E-state index is -0.128. The van der Waals surface area contributed by atoms with E-state index in [1.165, 1.54) is 11.8 Å².